The van der Waals surface area contributed by atoms with Gasteiger partial charge in [0.2, 0.25) is 5.91 Å². The van der Waals surface area contributed by atoms with Crippen LogP contribution in [0.4, 0.5) is 0 Å². The van der Waals surface area contributed by atoms with E-state index in [4.69, 9.17) is 0 Å². The van der Waals surface area contributed by atoms with Gasteiger partial charge < -0.3 is 5.32 Å². The van der Waals surface area contributed by atoms with Crippen LogP contribution in [0.1, 0.15) is 22.3 Å². The highest BCUT2D eigenvalue weighted by Crippen LogP contribution is 2.07. The van der Waals surface area contributed by atoms with Gasteiger partial charge in [-0.25, -0.2) is 0 Å². The number of amides is 1. The molecule has 0 saturated heterocycles. The number of carbonyl (C=O) groups is 1. The molecule has 1 N–H and O–H groups in total. The van der Waals surface area contributed by atoms with E-state index in [2.05, 4.69) is 24.4 Å². The molecule has 0 aliphatic carbocycles. The zero-order chi connectivity index (χ0) is 16.7. The van der Waals surface area contributed by atoms with Crippen molar-refractivity contribution in [2.24, 2.45) is 0 Å². The molecule has 2 aromatic rings. The molecule has 2 aromatic carbocycles. The van der Waals surface area contributed by atoms with Gasteiger partial charge in [-0.05, 0) is 37.0 Å². The average molecular weight is 329 g/mol. The number of rotatable bonds is 7. The van der Waals surface area contributed by atoms with Crippen molar-refractivity contribution in [3.8, 4) is 0 Å². The Morgan fingerprint density at radius 3 is 2.43 bits per heavy atom. The highest BCUT2D eigenvalue weighted by molar-refractivity contribution is 7.84. The summed E-state index contributed by atoms with van der Waals surface area (Å²) in [5.74, 6) is 0.330. The molecular weight excluding hydrogens is 306 g/mol. The third kappa shape index (κ3) is 5.99. The van der Waals surface area contributed by atoms with Crippen molar-refractivity contribution in [3.05, 3.63) is 70.8 Å². The van der Waals surface area contributed by atoms with Crippen LogP contribution in [-0.2, 0) is 27.8 Å². The minimum Gasteiger partial charge on any atom is -0.355 e. The van der Waals surface area contributed by atoms with Gasteiger partial charge in [0.15, 0.2) is 0 Å². The molecule has 3 nitrogen and oxygen atoms in total. The van der Waals surface area contributed by atoms with Crippen molar-refractivity contribution < 1.29 is 9.00 Å². The number of hydrogen-bond donors (Lipinski definition) is 1. The summed E-state index contributed by atoms with van der Waals surface area (Å²) in [6.45, 7) is 4.65. The minimum absolute atomic E-state index is 0.0572. The highest BCUT2D eigenvalue weighted by Gasteiger charge is 2.08. The van der Waals surface area contributed by atoms with E-state index in [0.29, 0.717) is 12.3 Å². The van der Waals surface area contributed by atoms with E-state index >= 15 is 0 Å². The lowest BCUT2D eigenvalue weighted by molar-refractivity contribution is -0.118. The molecule has 0 saturated carbocycles. The smallest absolute Gasteiger partial charge is 0.232 e. The van der Waals surface area contributed by atoms with E-state index in [-0.39, 0.29) is 11.7 Å². The summed E-state index contributed by atoms with van der Waals surface area (Å²) in [6.07, 6.45) is 0.795. The Bertz CT molecular complexity index is 680. The summed E-state index contributed by atoms with van der Waals surface area (Å²) in [5, 5.41) is 2.85. The first-order valence-corrected chi connectivity index (χ1v) is 9.25. The largest absolute Gasteiger partial charge is 0.355 e. The Kier molecular flexibility index (Phi) is 6.53. The molecule has 0 fully saturated rings. The maximum atomic E-state index is 12.0. The van der Waals surface area contributed by atoms with E-state index in [1.165, 1.54) is 16.7 Å². The first kappa shape index (κ1) is 17.4. The molecule has 0 heterocycles. The standard InChI is InChI=1S/C19H23NO2S/c1-15-7-9-17(10-8-15)13-23(22)14-19(21)20-12-11-18-6-4-3-5-16(18)2/h3-10H,11-14H2,1-2H3,(H,20,21)/t23-/m0/s1. The van der Waals surface area contributed by atoms with Crippen molar-refractivity contribution >= 4 is 16.7 Å². The topological polar surface area (TPSA) is 46.2 Å². The normalized spacial score (nSPS) is 11.9. The summed E-state index contributed by atoms with van der Waals surface area (Å²) >= 11 is 0. The minimum atomic E-state index is -1.17. The Labute approximate surface area is 140 Å². The van der Waals surface area contributed by atoms with E-state index in [1.54, 1.807) is 0 Å². The van der Waals surface area contributed by atoms with Crippen LogP contribution in [0.5, 0.6) is 0 Å². The maximum absolute atomic E-state index is 12.0. The molecule has 0 unspecified atom stereocenters. The predicted octanol–water partition coefficient (Wildman–Crippen LogP) is 2.91. The maximum Gasteiger partial charge on any atom is 0.232 e. The molecule has 0 aromatic heterocycles. The van der Waals surface area contributed by atoms with Crippen LogP contribution in [0, 0.1) is 13.8 Å². The summed E-state index contributed by atoms with van der Waals surface area (Å²) in [6, 6.07) is 16.0. The summed E-state index contributed by atoms with van der Waals surface area (Å²) in [5.41, 5.74) is 4.63. The van der Waals surface area contributed by atoms with Gasteiger partial charge in [0.25, 0.3) is 0 Å². The van der Waals surface area contributed by atoms with Gasteiger partial charge in [-0.15, -0.1) is 0 Å². The van der Waals surface area contributed by atoms with E-state index in [1.807, 2.05) is 43.3 Å². The summed E-state index contributed by atoms with van der Waals surface area (Å²) in [7, 11) is -1.17. The molecule has 2 rings (SSSR count). The second kappa shape index (κ2) is 8.63. The second-order valence-electron chi connectivity index (χ2n) is 5.74. The Morgan fingerprint density at radius 1 is 1.04 bits per heavy atom. The molecule has 4 heteroatoms. The van der Waals surface area contributed by atoms with Crippen LogP contribution in [0.3, 0.4) is 0 Å². The zero-order valence-electron chi connectivity index (χ0n) is 13.7. The lowest BCUT2D eigenvalue weighted by atomic mass is 10.1. The quantitative estimate of drug-likeness (QED) is 0.849. The number of nitrogens with one attached hydrogen (secondary N) is 1. The number of benzene rings is 2. The van der Waals surface area contributed by atoms with Gasteiger partial charge in [0.05, 0.1) is 0 Å². The van der Waals surface area contributed by atoms with Crippen LogP contribution in [0.15, 0.2) is 48.5 Å². The molecule has 1 amide bonds. The van der Waals surface area contributed by atoms with E-state index in [9.17, 15) is 9.00 Å². The lowest BCUT2D eigenvalue weighted by Crippen LogP contribution is -2.30. The van der Waals surface area contributed by atoms with Gasteiger partial charge in [-0.2, -0.15) is 0 Å². The van der Waals surface area contributed by atoms with Crippen LogP contribution in [0.2, 0.25) is 0 Å². The van der Waals surface area contributed by atoms with Gasteiger partial charge >= 0.3 is 0 Å². The van der Waals surface area contributed by atoms with Crippen LogP contribution < -0.4 is 5.32 Å². The number of aryl methyl sites for hydroxylation is 2. The molecule has 1 atom stereocenters. The third-order valence-electron chi connectivity index (χ3n) is 3.72. The number of hydrogen-bond acceptors (Lipinski definition) is 2. The summed E-state index contributed by atoms with van der Waals surface area (Å²) in [4.78, 5) is 11.9. The zero-order valence-corrected chi connectivity index (χ0v) is 14.5. The van der Waals surface area contributed by atoms with Crippen molar-refractivity contribution in [2.45, 2.75) is 26.0 Å². The average Bonchev–Trinajstić information content (AvgIpc) is 2.51. The van der Waals surface area contributed by atoms with Crippen LogP contribution in [0.25, 0.3) is 0 Å². The molecule has 0 bridgehead atoms. The molecule has 0 spiro atoms. The first-order chi connectivity index (χ1) is 11.0. The van der Waals surface area contributed by atoms with Crippen molar-refractivity contribution in [3.63, 3.8) is 0 Å². The Hall–Kier alpha value is -1.94. The highest BCUT2D eigenvalue weighted by atomic mass is 32.2. The first-order valence-electron chi connectivity index (χ1n) is 7.76. The van der Waals surface area contributed by atoms with Crippen molar-refractivity contribution in [1.82, 2.24) is 5.32 Å². The monoisotopic (exact) mass is 329 g/mol. The fraction of sp³-hybridized carbons (Fsp3) is 0.316. The third-order valence-corrected chi connectivity index (χ3v) is 4.96. The van der Waals surface area contributed by atoms with E-state index in [0.717, 1.165) is 12.0 Å². The molecule has 23 heavy (non-hydrogen) atoms. The predicted molar refractivity (Wildman–Crippen MR) is 95.8 cm³/mol. The van der Waals surface area contributed by atoms with E-state index < -0.39 is 10.8 Å². The Morgan fingerprint density at radius 2 is 1.74 bits per heavy atom. The summed E-state index contributed by atoms with van der Waals surface area (Å²) < 4.78 is 12.0. The molecule has 122 valence electrons. The Balaban J connectivity index is 1.73. The van der Waals surface area contributed by atoms with Gasteiger partial charge in [-0.1, -0.05) is 54.1 Å². The van der Waals surface area contributed by atoms with Gasteiger partial charge in [-0.3, -0.25) is 9.00 Å². The number of carbonyl (C=O) groups excluding carboxylic acids is 1. The molecular formula is C19H23NO2S. The fourth-order valence-electron chi connectivity index (χ4n) is 2.35. The van der Waals surface area contributed by atoms with Gasteiger partial charge in [0.1, 0.15) is 5.75 Å². The van der Waals surface area contributed by atoms with Crippen molar-refractivity contribution in [1.29, 1.82) is 0 Å². The van der Waals surface area contributed by atoms with Crippen molar-refractivity contribution in [2.75, 3.05) is 12.3 Å². The molecule has 0 aliphatic rings. The lowest BCUT2D eigenvalue weighted by Gasteiger charge is -2.08. The SMILES string of the molecule is Cc1ccc(C[S@](=O)CC(=O)NCCc2ccccc2C)cc1. The molecule has 0 aliphatic heterocycles. The van der Waals surface area contributed by atoms with Gasteiger partial charge in [0, 0.05) is 23.1 Å². The van der Waals surface area contributed by atoms with Crippen LogP contribution in [-0.4, -0.2) is 22.4 Å². The second-order valence-corrected chi connectivity index (χ2v) is 7.20. The van der Waals surface area contributed by atoms with Crippen LogP contribution >= 0.6 is 0 Å². The molecule has 0 radical (unpaired) electrons. The fourth-order valence-corrected chi connectivity index (χ4v) is 3.41.